The van der Waals surface area contributed by atoms with E-state index < -0.39 is 0 Å². The maximum Gasteiger partial charge on any atom is 0.0195 e. The molecular weight excluding hydrogens is 148 g/mol. The summed E-state index contributed by atoms with van der Waals surface area (Å²) in [5, 5.41) is 3.56. The van der Waals surface area contributed by atoms with Gasteiger partial charge >= 0.3 is 0 Å². The number of nitrogens with zero attached hydrogens (tertiary/aromatic N) is 1. The lowest BCUT2D eigenvalue weighted by Crippen LogP contribution is -2.39. The highest BCUT2D eigenvalue weighted by Crippen LogP contribution is 2.18. The molecule has 2 aliphatic rings. The summed E-state index contributed by atoms with van der Waals surface area (Å²) in [6.07, 6.45) is 5.59. The van der Waals surface area contributed by atoms with Crippen LogP contribution in [-0.2, 0) is 0 Å². The van der Waals surface area contributed by atoms with Crippen molar-refractivity contribution < 1.29 is 0 Å². The topological polar surface area (TPSA) is 15.3 Å². The van der Waals surface area contributed by atoms with Crippen LogP contribution in [0.4, 0.5) is 0 Å². The van der Waals surface area contributed by atoms with E-state index in [0.717, 1.165) is 12.1 Å². The predicted molar refractivity (Wildman–Crippen MR) is 51.3 cm³/mol. The molecule has 0 radical (unpaired) electrons. The third-order valence-electron chi connectivity index (χ3n) is 3.31. The summed E-state index contributed by atoms with van der Waals surface area (Å²) in [4.78, 5) is 2.64. The molecule has 2 saturated heterocycles. The third-order valence-corrected chi connectivity index (χ3v) is 3.31. The Bertz CT molecular complexity index is 141. The van der Waals surface area contributed by atoms with Crippen LogP contribution in [0.15, 0.2) is 0 Å². The molecule has 0 unspecified atom stereocenters. The first kappa shape index (κ1) is 8.52. The van der Waals surface area contributed by atoms with Crippen LogP contribution in [-0.4, -0.2) is 36.6 Å². The van der Waals surface area contributed by atoms with Crippen LogP contribution in [0, 0.1) is 0 Å². The van der Waals surface area contributed by atoms with E-state index in [4.69, 9.17) is 0 Å². The van der Waals surface area contributed by atoms with E-state index in [1.807, 2.05) is 0 Å². The summed E-state index contributed by atoms with van der Waals surface area (Å²) in [5.41, 5.74) is 0. The van der Waals surface area contributed by atoms with Gasteiger partial charge in [-0.15, -0.1) is 0 Å². The first-order valence-electron chi connectivity index (χ1n) is 5.33. The lowest BCUT2D eigenvalue weighted by atomic mass is 10.2. The van der Waals surface area contributed by atoms with Crippen LogP contribution in [0.3, 0.4) is 0 Å². The highest BCUT2D eigenvalue weighted by molar-refractivity contribution is 4.83. The van der Waals surface area contributed by atoms with E-state index in [-0.39, 0.29) is 0 Å². The fourth-order valence-electron chi connectivity index (χ4n) is 2.46. The fourth-order valence-corrected chi connectivity index (χ4v) is 2.46. The van der Waals surface area contributed by atoms with E-state index in [1.54, 1.807) is 0 Å². The molecule has 0 amide bonds. The third kappa shape index (κ3) is 1.80. The molecule has 0 spiro atoms. The van der Waals surface area contributed by atoms with Crippen LogP contribution >= 0.6 is 0 Å². The van der Waals surface area contributed by atoms with Crippen LogP contribution in [0.5, 0.6) is 0 Å². The number of hydrogen-bond acceptors (Lipinski definition) is 2. The van der Waals surface area contributed by atoms with E-state index in [9.17, 15) is 0 Å². The molecule has 2 heterocycles. The summed E-state index contributed by atoms with van der Waals surface area (Å²) in [6, 6.07) is 1.64. The van der Waals surface area contributed by atoms with E-state index in [1.165, 1.54) is 45.3 Å². The second kappa shape index (κ2) is 3.75. The molecule has 1 N–H and O–H groups in total. The Balaban J connectivity index is 1.77. The number of nitrogens with one attached hydrogen (secondary N) is 1. The lowest BCUT2D eigenvalue weighted by molar-refractivity contribution is 0.244. The van der Waals surface area contributed by atoms with Crippen LogP contribution in [0.2, 0.25) is 0 Å². The quantitative estimate of drug-likeness (QED) is 0.667. The molecule has 0 aromatic heterocycles. The molecule has 2 heteroatoms. The molecule has 12 heavy (non-hydrogen) atoms. The van der Waals surface area contributed by atoms with Gasteiger partial charge in [-0.05, 0) is 45.7 Å². The van der Waals surface area contributed by atoms with Gasteiger partial charge in [0, 0.05) is 18.6 Å². The van der Waals surface area contributed by atoms with E-state index in [2.05, 4.69) is 17.1 Å². The average Bonchev–Trinajstić information content (AvgIpc) is 2.65. The van der Waals surface area contributed by atoms with E-state index in [0.29, 0.717) is 0 Å². The Morgan fingerprint density at radius 3 is 2.83 bits per heavy atom. The number of hydrogen-bond donors (Lipinski definition) is 1. The molecule has 2 fully saturated rings. The van der Waals surface area contributed by atoms with Crippen molar-refractivity contribution in [2.75, 3.05) is 19.6 Å². The minimum atomic E-state index is 0.797. The Kier molecular flexibility index (Phi) is 2.66. The fraction of sp³-hybridized carbons (Fsp3) is 1.00. The van der Waals surface area contributed by atoms with Crippen molar-refractivity contribution in [2.24, 2.45) is 0 Å². The molecule has 2 nitrogen and oxygen atoms in total. The van der Waals surface area contributed by atoms with Crippen molar-refractivity contribution in [1.29, 1.82) is 0 Å². The molecule has 0 aromatic carbocycles. The van der Waals surface area contributed by atoms with Gasteiger partial charge in [0.2, 0.25) is 0 Å². The van der Waals surface area contributed by atoms with Gasteiger partial charge in [-0.3, -0.25) is 4.90 Å². The first-order valence-corrected chi connectivity index (χ1v) is 5.33. The Morgan fingerprint density at radius 1 is 1.33 bits per heavy atom. The van der Waals surface area contributed by atoms with Crippen molar-refractivity contribution in [1.82, 2.24) is 10.2 Å². The standard InChI is InChI=1S/C10H20N2/c1-9-4-3-7-12(9)8-10-5-2-6-11-10/h9-11H,2-8H2,1H3/t9-,10+/m1/s1. The van der Waals surface area contributed by atoms with Crippen LogP contribution < -0.4 is 5.32 Å². The number of rotatable bonds is 2. The monoisotopic (exact) mass is 168 g/mol. The summed E-state index contributed by atoms with van der Waals surface area (Å²) >= 11 is 0. The maximum atomic E-state index is 3.56. The first-order chi connectivity index (χ1) is 5.86. The predicted octanol–water partition coefficient (Wildman–Crippen LogP) is 1.22. The Labute approximate surface area is 75.3 Å². The molecular formula is C10H20N2. The molecule has 70 valence electrons. The highest BCUT2D eigenvalue weighted by Gasteiger charge is 2.24. The maximum absolute atomic E-state index is 3.56. The van der Waals surface area contributed by atoms with Gasteiger partial charge in [-0.25, -0.2) is 0 Å². The molecule has 0 bridgehead atoms. The van der Waals surface area contributed by atoms with Gasteiger partial charge in [-0.1, -0.05) is 0 Å². The molecule has 2 atom stereocenters. The number of likely N-dealkylation sites (tertiary alicyclic amines) is 1. The zero-order chi connectivity index (χ0) is 8.39. The summed E-state index contributed by atoms with van der Waals surface area (Å²) in [7, 11) is 0. The van der Waals surface area contributed by atoms with E-state index >= 15 is 0 Å². The van der Waals surface area contributed by atoms with Crippen molar-refractivity contribution in [3.05, 3.63) is 0 Å². The van der Waals surface area contributed by atoms with Crippen LogP contribution in [0.1, 0.15) is 32.6 Å². The Morgan fingerprint density at radius 2 is 2.25 bits per heavy atom. The normalized spacial score (nSPS) is 37.8. The molecule has 0 aliphatic carbocycles. The zero-order valence-electron chi connectivity index (χ0n) is 8.05. The average molecular weight is 168 g/mol. The van der Waals surface area contributed by atoms with Crippen LogP contribution in [0.25, 0.3) is 0 Å². The second-order valence-electron chi connectivity index (χ2n) is 4.28. The van der Waals surface area contributed by atoms with Gasteiger partial charge in [0.05, 0.1) is 0 Å². The minimum absolute atomic E-state index is 0.797. The lowest BCUT2D eigenvalue weighted by Gasteiger charge is -2.24. The summed E-state index contributed by atoms with van der Waals surface area (Å²) in [5.74, 6) is 0. The molecule has 0 aromatic rings. The molecule has 0 saturated carbocycles. The van der Waals surface area contributed by atoms with Crippen molar-refractivity contribution >= 4 is 0 Å². The Hall–Kier alpha value is -0.0800. The highest BCUT2D eigenvalue weighted by atomic mass is 15.2. The van der Waals surface area contributed by atoms with Gasteiger partial charge in [0.1, 0.15) is 0 Å². The van der Waals surface area contributed by atoms with Crippen molar-refractivity contribution in [3.8, 4) is 0 Å². The smallest absolute Gasteiger partial charge is 0.0195 e. The minimum Gasteiger partial charge on any atom is -0.313 e. The van der Waals surface area contributed by atoms with Gasteiger partial charge < -0.3 is 5.32 Å². The zero-order valence-corrected chi connectivity index (χ0v) is 8.05. The largest absolute Gasteiger partial charge is 0.313 e. The van der Waals surface area contributed by atoms with Crippen molar-refractivity contribution in [3.63, 3.8) is 0 Å². The van der Waals surface area contributed by atoms with Gasteiger partial charge in [0.25, 0.3) is 0 Å². The summed E-state index contributed by atoms with van der Waals surface area (Å²) < 4.78 is 0. The second-order valence-corrected chi connectivity index (χ2v) is 4.28. The molecule has 2 aliphatic heterocycles. The molecule has 2 rings (SSSR count). The summed E-state index contributed by atoms with van der Waals surface area (Å²) in [6.45, 7) is 6.23. The van der Waals surface area contributed by atoms with Gasteiger partial charge in [0.15, 0.2) is 0 Å². The van der Waals surface area contributed by atoms with Gasteiger partial charge in [-0.2, -0.15) is 0 Å². The SMILES string of the molecule is C[C@@H]1CCCN1C[C@@H]1CCCN1. The van der Waals surface area contributed by atoms with Crippen molar-refractivity contribution in [2.45, 2.75) is 44.7 Å².